The molecule has 13 N–H and O–H groups in total. The Kier molecular flexibility index (Phi) is 10.2. The van der Waals surface area contributed by atoms with E-state index in [-0.39, 0.29) is 19.3 Å². The summed E-state index contributed by atoms with van der Waals surface area (Å²) in [7, 11) is 0. The summed E-state index contributed by atoms with van der Waals surface area (Å²) in [6.45, 7) is 5.10. The van der Waals surface area contributed by atoms with Gasteiger partial charge in [-0.1, -0.05) is 0 Å². The molecule has 0 spiro atoms. The van der Waals surface area contributed by atoms with E-state index in [9.17, 15) is 15.3 Å². The van der Waals surface area contributed by atoms with Crippen LogP contribution >= 0.6 is 0 Å². The standard InChI is InChI=1S/C20H43N5O7/c1-9(23)16(31-18-13(25)5-4-11(6-21)30-18)15(27)17(10(2)24)32-19-14(26)12(7-22)20(3,28)8-29-19/h9-19,26-28H,4-8,21-25H2,1-3H3/t9?,10-,11+,12-,13?,14?,15?,16?,17?,18-,19-,20?/m1/s1. The van der Waals surface area contributed by atoms with Crippen LogP contribution in [0.25, 0.3) is 0 Å². The number of aliphatic hydroxyl groups excluding tert-OH is 2. The van der Waals surface area contributed by atoms with Crippen molar-refractivity contribution in [1.82, 2.24) is 0 Å². The highest BCUT2D eigenvalue weighted by molar-refractivity contribution is 4.95. The molecule has 0 aliphatic carbocycles. The molecule has 0 aromatic heterocycles. The number of hydrogen-bond donors (Lipinski definition) is 8. The van der Waals surface area contributed by atoms with Crippen LogP contribution in [0.1, 0.15) is 33.6 Å². The van der Waals surface area contributed by atoms with E-state index < -0.39 is 66.6 Å². The molecule has 0 amide bonds. The third kappa shape index (κ3) is 6.56. The molecule has 0 saturated carbocycles. The van der Waals surface area contributed by atoms with Gasteiger partial charge in [0.1, 0.15) is 24.4 Å². The highest BCUT2D eigenvalue weighted by Crippen LogP contribution is 2.31. The second-order valence-electron chi connectivity index (χ2n) is 9.38. The monoisotopic (exact) mass is 465 g/mol. The van der Waals surface area contributed by atoms with Crippen molar-refractivity contribution in [1.29, 1.82) is 0 Å². The molecule has 0 aromatic carbocycles. The van der Waals surface area contributed by atoms with Crippen LogP contribution in [0.5, 0.6) is 0 Å². The van der Waals surface area contributed by atoms with E-state index in [1.807, 2.05) is 0 Å². The lowest BCUT2D eigenvalue weighted by molar-refractivity contribution is -0.308. The van der Waals surface area contributed by atoms with Crippen LogP contribution in [0.2, 0.25) is 0 Å². The summed E-state index contributed by atoms with van der Waals surface area (Å²) in [6.07, 6.45) is -5.25. The fourth-order valence-corrected chi connectivity index (χ4v) is 4.23. The summed E-state index contributed by atoms with van der Waals surface area (Å²) in [6, 6.07) is -1.71. The van der Waals surface area contributed by atoms with Crippen LogP contribution in [0.4, 0.5) is 0 Å². The maximum atomic E-state index is 11.1. The van der Waals surface area contributed by atoms with Gasteiger partial charge in [0.15, 0.2) is 12.6 Å². The van der Waals surface area contributed by atoms with Crippen molar-refractivity contribution < 1.29 is 34.3 Å². The second-order valence-corrected chi connectivity index (χ2v) is 9.38. The Labute approximate surface area is 189 Å². The van der Waals surface area contributed by atoms with Crippen molar-refractivity contribution in [3.63, 3.8) is 0 Å². The Morgan fingerprint density at radius 3 is 2.09 bits per heavy atom. The van der Waals surface area contributed by atoms with E-state index in [1.54, 1.807) is 13.8 Å². The fraction of sp³-hybridized carbons (Fsp3) is 1.00. The van der Waals surface area contributed by atoms with E-state index in [0.29, 0.717) is 13.0 Å². The zero-order valence-electron chi connectivity index (χ0n) is 19.2. The molecule has 2 fully saturated rings. The molecule has 0 bridgehead atoms. The van der Waals surface area contributed by atoms with Gasteiger partial charge in [-0.3, -0.25) is 0 Å². The minimum Gasteiger partial charge on any atom is -0.388 e. The van der Waals surface area contributed by atoms with Gasteiger partial charge >= 0.3 is 0 Å². The van der Waals surface area contributed by atoms with Gasteiger partial charge in [0.2, 0.25) is 0 Å². The first-order valence-electron chi connectivity index (χ1n) is 11.3. The predicted molar refractivity (Wildman–Crippen MR) is 117 cm³/mol. The Balaban J connectivity index is 2.14. The molecule has 0 aromatic rings. The SMILES string of the molecule is CC(N)C(O[C@H]1O[C@H](CN)CCC1N)C(O)C(O[C@H]1OCC(C)(O)[C@H](CN)C1O)[C@@H](C)N. The van der Waals surface area contributed by atoms with Crippen molar-refractivity contribution in [2.75, 3.05) is 19.7 Å². The normalized spacial score (nSPS) is 41.0. The van der Waals surface area contributed by atoms with Crippen LogP contribution in [0, 0.1) is 5.92 Å². The first-order valence-corrected chi connectivity index (χ1v) is 11.3. The van der Waals surface area contributed by atoms with Crippen molar-refractivity contribution in [2.45, 2.75) is 100 Å². The van der Waals surface area contributed by atoms with Crippen LogP contribution < -0.4 is 28.7 Å². The third-order valence-corrected chi connectivity index (χ3v) is 6.34. The van der Waals surface area contributed by atoms with Gasteiger partial charge in [0.25, 0.3) is 0 Å². The molecule has 32 heavy (non-hydrogen) atoms. The topological polar surface area (TPSA) is 228 Å². The molecule has 2 saturated heterocycles. The summed E-state index contributed by atoms with van der Waals surface area (Å²) >= 11 is 0. The smallest absolute Gasteiger partial charge is 0.184 e. The van der Waals surface area contributed by atoms with Crippen molar-refractivity contribution in [2.24, 2.45) is 34.6 Å². The number of rotatable bonds is 10. The molecule has 2 aliphatic heterocycles. The third-order valence-electron chi connectivity index (χ3n) is 6.34. The molecule has 7 unspecified atom stereocenters. The lowest BCUT2D eigenvalue weighted by Gasteiger charge is -2.45. The largest absolute Gasteiger partial charge is 0.388 e. The van der Waals surface area contributed by atoms with Crippen molar-refractivity contribution in [3.8, 4) is 0 Å². The minimum atomic E-state index is -1.32. The lowest BCUT2D eigenvalue weighted by atomic mass is 9.83. The fourth-order valence-electron chi connectivity index (χ4n) is 4.23. The van der Waals surface area contributed by atoms with Crippen molar-refractivity contribution >= 4 is 0 Å². The molecular formula is C20H43N5O7. The van der Waals surface area contributed by atoms with Crippen LogP contribution in [0.3, 0.4) is 0 Å². The summed E-state index contributed by atoms with van der Waals surface area (Å²) in [4.78, 5) is 0. The molecule has 2 heterocycles. The van der Waals surface area contributed by atoms with E-state index >= 15 is 0 Å². The van der Waals surface area contributed by atoms with E-state index in [4.69, 9.17) is 47.6 Å². The summed E-state index contributed by atoms with van der Waals surface area (Å²) in [5.74, 6) is -0.686. The summed E-state index contributed by atoms with van der Waals surface area (Å²) < 4.78 is 23.3. The average molecular weight is 466 g/mol. The van der Waals surface area contributed by atoms with Gasteiger partial charge in [-0.2, -0.15) is 0 Å². The van der Waals surface area contributed by atoms with Gasteiger partial charge in [-0.05, 0) is 33.6 Å². The first-order chi connectivity index (χ1) is 14.9. The van der Waals surface area contributed by atoms with Gasteiger partial charge in [0, 0.05) is 31.1 Å². The van der Waals surface area contributed by atoms with Crippen LogP contribution in [-0.2, 0) is 18.9 Å². The highest BCUT2D eigenvalue weighted by Gasteiger charge is 2.48. The zero-order chi connectivity index (χ0) is 24.2. The Hall–Kier alpha value is -0.480. The molecule has 2 rings (SSSR count). The highest BCUT2D eigenvalue weighted by atomic mass is 16.7. The van der Waals surface area contributed by atoms with Crippen molar-refractivity contribution in [3.05, 3.63) is 0 Å². The van der Waals surface area contributed by atoms with E-state index in [0.717, 1.165) is 6.42 Å². The quantitative estimate of drug-likeness (QED) is 0.158. The molecule has 12 nitrogen and oxygen atoms in total. The number of ether oxygens (including phenoxy) is 4. The van der Waals surface area contributed by atoms with E-state index in [2.05, 4.69) is 0 Å². The summed E-state index contributed by atoms with van der Waals surface area (Å²) in [5, 5.41) is 32.2. The first kappa shape index (κ1) is 27.8. The Morgan fingerprint density at radius 1 is 1.03 bits per heavy atom. The number of nitrogens with two attached hydrogens (primary N) is 5. The number of hydrogen-bond acceptors (Lipinski definition) is 12. The van der Waals surface area contributed by atoms with Gasteiger partial charge in [-0.25, -0.2) is 0 Å². The molecule has 190 valence electrons. The molecule has 2 aliphatic rings. The molecular weight excluding hydrogens is 422 g/mol. The molecule has 0 radical (unpaired) electrons. The minimum absolute atomic E-state index is 0.0214. The van der Waals surface area contributed by atoms with Crippen LogP contribution in [-0.4, -0.2) is 102 Å². The predicted octanol–water partition coefficient (Wildman–Crippen LogP) is -3.35. The van der Waals surface area contributed by atoms with E-state index in [1.165, 1.54) is 6.92 Å². The molecule has 12 atom stereocenters. The Morgan fingerprint density at radius 2 is 1.59 bits per heavy atom. The second kappa shape index (κ2) is 11.8. The Bertz CT molecular complexity index is 570. The number of aliphatic hydroxyl groups is 3. The van der Waals surface area contributed by atoms with Gasteiger partial charge < -0.3 is 62.9 Å². The average Bonchev–Trinajstić information content (AvgIpc) is 2.71. The molecule has 12 heteroatoms. The van der Waals surface area contributed by atoms with Gasteiger partial charge in [0.05, 0.1) is 24.4 Å². The van der Waals surface area contributed by atoms with Gasteiger partial charge in [-0.15, -0.1) is 0 Å². The zero-order valence-corrected chi connectivity index (χ0v) is 19.2. The summed E-state index contributed by atoms with van der Waals surface area (Å²) in [5.41, 5.74) is 28.5. The van der Waals surface area contributed by atoms with Crippen LogP contribution in [0.15, 0.2) is 0 Å². The maximum absolute atomic E-state index is 11.1. The maximum Gasteiger partial charge on any atom is 0.184 e. The lowest BCUT2D eigenvalue weighted by Crippen LogP contribution is -2.62.